The van der Waals surface area contributed by atoms with E-state index in [2.05, 4.69) is 26.8 Å². The smallest absolute Gasteiger partial charge is 0.241 e. The number of Topliss-reactive ketones (excluding diaryl/α,β-unsaturated/α-hetero) is 1. The lowest BCUT2D eigenvalue weighted by Crippen LogP contribution is -2.24. The van der Waals surface area contributed by atoms with Gasteiger partial charge in [-0.1, -0.05) is 20.8 Å². The van der Waals surface area contributed by atoms with Gasteiger partial charge in [-0.3, -0.25) is 4.79 Å². The summed E-state index contributed by atoms with van der Waals surface area (Å²) in [7, 11) is 0. The number of rotatable bonds is 8. The first-order chi connectivity index (χ1) is 12.8. The van der Waals surface area contributed by atoms with Crippen LogP contribution in [0.1, 0.15) is 73.5 Å². The number of carbonyl (C=O) groups is 1. The summed E-state index contributed by atoms with van der Waals surface area (Å²) in [6.45, 7) is 9.74. The Morgan fingerprint density at radius 3 is 2.33 bits per heavy atom. The van der Waals surface area contributed by atoms with Gasteiger partial charge in [0.05, 0.1) is 11.6 Å². The van der Waals surface area contributed by atoms with E-state index in [0.29, 0.717) is 11.3 Å². The number of nitrogens with zero attached hydrogens (tertiary/aromatic N) is 1. The van der Waals surface area contributed by atoms with E-state index in [1.807, 2.05) is 19.1 Å². The highest BCUT2D eigenvalue weighted by atomic mass is 16.7. The molecule has 0 amide bonds. The summed E-state index contributed by atoms with van der Waals surface area (Å²) in [5.41, 5.74) is 3.21. The van der Waals surface area contributed by atoms with E-state index in [1.54, 1.807) is 31.2 Å². The van der Waals surface area contributed by atoms with Gasteiger partial charge in [0, 0.05) is 12.0 Å². The van der Waals surface area contributed by atoms with Crippen molar-refractivity contribution >= 4 is 5.78 Å². The molecular weight excluding hydrogens is 338 g/mol. The number of aryl methyl sites for hydroxylation is 1. The van der Waals surface area contributed by atoms with Crippen LogP contribution >= 0.6 is 0 Å². The summed E-state index contributed by atoms with van der Waals surface area (Å²) in [5.74, 6) is 1.69. The molecule has 0 aliphatic heterocycles. The lowest BCUT2D eigenvalue weighted by atomic mass is 9.95. The molecule has 0 aliphatic carbocycles. The van der Waals surface area contributed by atoms with E-state index in [4.69, 9.17) is 14.7 Å². The average molecular weight is 365 g/mol. The zero-order valence-corrected chi connectivity index (χ0v) is 16.7. The molecule has 27 heavy (non-hydrogen) atoms. The van der Waals surface area contributed by atoms with Crippen molar-refractivity contribution < 1.29 is 14.3 Å². The molecule has 0 bridgehead atoms. The molecular formula is C23H27NO3. The zero-order valence-electron chi connectivity index (χ0n) is 16.7. The van der Waals surface area contributed by atoms with Crippen molar-refractivity contribution in [3.05, 3.63) is 58.7 Å². The predicted octanol–water partition coefficient (Wildman–Crippen LogP) is 5.78. The Hall–Kier alpha value is -2.80. The van der Waals surface area contributed by atoms with Gasteiger partial charge in [-0.05, 0) is 73.7 Å². The normalized spacial score (nSPS) is 11.7. The Morgan fingerprint density at radius 2 is 1.81 bits per heavy atom. The first kappa shape index (κ1) is 20.5. The quantitative estimate of drug-likeness (QED) is 0.440. The minimum Gasteiger partial charge on any atom is -0.455 e. The van der Waals surface area contributed by atoms with Crippen molar-refractivity contribution in [2.24, 2.45) is 0 Å². The lowest BCUT2D eigenvalue weighted by Gasteiger charge is -2.24. The standard InChI is InChI=1S/C23H27NO3/c1-6-7-23(26-19-10-8-18(14-24)9-11-19)27-22-12-16(4)21(17(5)25)13-20(22)15(2)3/h8-13,15,23H,6-7H2,1-5H3. The molecule has 142 valence electrons. The van der Waals surface area contributed by atoms with Gasteiger partial charge >= 0.3 is 0 Å². The molecule has 0 saturated heterocycles. The molecule has 0 N–H and O–H groups in total. The third-order valence-corrected chi connectivity index (χ3v) is 4.39. The van der Waals surface area contributed by atoms with Crippen LogP contribution in [0.5, 0.6) is 11.5 Å². The second-order valence-corrected chi connectivity index (χ2v) is 7.01. The maximum atomic E-state index is 11.9. The third-order valence-electron chi connectivity index (χ3n) is 4.39. The molecule has 0 spiro atoms. The molecule has 1 atom stereocenters. The number of carbonyl (C=O) groups excluding carboxylic acids is 1. The number of hydrogen-bond acceptors (Lipinski definition) is 4. The summed E-state index contributed by atoms with van der Waals surface area (Å²) in [4.78, 5) is 11.9. The van der Waals surface area contributed by atoms with Crippen LogP contribution in [-0.2, 0) is 0 Å². The molecule has 2 aromatic carbocycles. The maximum absolute atomic E-state index is 11.9. The molecule has 0 saturated carbocycles. The SMILES string of the molecule is CCCC(Oc1ccc(C#N)cc1)Oc1cc(C)c(C(C)=O)cc1C(C)C. The van der Waals surface area contributed by atoms with Crippen LogP contribution in [0.3, 0.4) is 0 Å². The van der Waals surface area contributed by atoms with Crippen molar-refractivity contribution in [1.82, 2.24) is 0 Å². The van der Waals surface area contributed by atoms with Crippen LogP contribution in [-0.4, -0.2) is 12.1 Å². The molecule has 4 heteroatoms. The van der Waals surface area contributed by atoms with Crippen molar-refractivity contribution in [3.8, 4) is 17.6 Å². The first-order valence-electron chi connectivity index (χ1n) is 9.34. The summed E-state index contributed by atoms with van der Waals surface area (Å²) in [6, 6.07) is 13.0. The fourth-order valence-corrected chi connectivity index (χ4v) is 2.91. The van der Waals surface area contributed by atoms with E-state index in [9.17, 15) is 4.79 Å². The van der Waals surface area contributed by atoms with Crippen molar-refractivity contribution in [2.45, 2.75) is 59.7 Å². The Bertz CT molecular complexity index is 832. The Kier molecular flexibility index (Phi) is 7.01. The second kappa shape index (κ2) is 9.23. The van der Waals surface area contributed by atoms with Gasteiger partial charge in [-0.25, -0.2) is 0 Å². The summed E-state index contributed by atoms with van der Waals surface area (Å²) >= 11 is 0. The lowest BCUT2D eigenvalue weighted by molar-refractivity contribution is -0.00190. The summed E-state index contributed by atoms with van der Waals surface area (Å²) in [5, 5.41) is 8.92. The number of ketones is 1. The second-order valence-electron chi connectivity index (χ2n) is 7.01. The zero-order chi connectivity index (χ0) is 20.0. The molecule has 0 fully saturated rings. The summed E-state index contributed by atoms with van der Waals surface area (Å²) < 4.78 is 12.2. The van der Waals surface area contributed by atoms with Gasteiger partial charge in [0.15, 0.2) is 5.78 Å². The molecule has 0 aromatic heterocycles. The van der Waals surface area contributed by atoms with Gasteiger partial charge in [0.25, 0.3) is 0 Å². The molecule has 0 aliphatic rings. The number of ether oxygens (including phenoxy) is 2. The van der Waals surface area contributed by atoms with Gasteiger partial charge < -0.3 is 9.47 Å². The number of nitriles is 1. The average Bonchev–Trinajstić information content (AvgIpc) is 2.62. The van der Waals surface area contributed by atoms with Crippen molar-refractivity contribution in [1.29, 1.82) is 5.26 Å². The number of hydrogen-bond donors (Lipinski definition) is 0. The molecule has 1 unspecified atom stereocenters. The third kappa shape index (κ3) is 5.34. The van der Waals surface area contributed by atoms with E-state index >= 15 is 0 Å². The van der Waals surface area contributed by atoms with E-state index in [-0.39, 0.29) is 11.7 Å². The van der Waals surface area contributed by atoms with Crippen LogP contribution in [0.2, 0.25) is 0 Å². The van der Waals surface area contributed by atoms with Crippen LogP contribution in [0.15, 0.2) is 36.4 Å². The fraction of sp³-hybridized carbons (Fsp3) is 0.391. The minimum atomic E-state index is -0.442. The maximum Gasteiger partial charge on any atom is 0.241 e. The van der Waals surface area contributed by atoms with Crippen LogP contribution < -0.4 is 9.47 Å². The largest absolute Gasteiger partial charge is 0.455 e. The van der Waals surface area contributed by atoms with Crippen LogP contribution in [0, 0.1) is 18.3 Å². The Morgan fingerprint density at radius 1 is 1.15 bits per heavy atom. The molecule has 0 heterocycles. The molecule has 0 radical (unpaired) electrons. The van der Waals surface area contributed by atoms with Crippen LogP contribution in [0.4, 0.5) is 0 Å². The van der Waals surface area contributed by atoms with Crippen molar-refractivity contribution in [2.75, 3.05) is 0 Å². The molecule has 4 nitrogen and oxygen atoms in total. The first-order valence-corrected chi connectivity index (χ1v) is 9.34. The number of benzene rings is 2. The highest BCUT2D eigenvalue weighted by Crippen LogP contribution is 2.32. The van der Waals surface area contributed by atoms with E-state index in [0.717, 1.165) is 35.3 Å². The summed E-state index contributed by atoms with van der Waals surface area (Å²) in [6.07, 6.45) is 1.19. The fourth-order valence-electron chi connectivity index (χ4n) is 2.91. The molecule has 2 aromatic rings. The monoisotopic (exact) mass is 365 g/mol. The van der Waals surface area contributed by atoms with Crippen molar-refractivity contribution in [3.63, 3.8) is 0 Å². The minimum absolute atomic E-state index is 0.0555. The highest BCUT2D eigenvalue weighted by molar-refractivity contribution is 5.96. The van der Waals surface area contributed by atoms with Gasteiger partial charge in [-0.2, -0.15) is 5.26 Å². The van der Waals surface area contributed by atoms with E-state index < -0.39 is 6.29 Å². The van der Waals surface area contributed by atoms with Gasteiger partial charge in [-0.15, -0.1) is 0 Å². The van der Waals surface area contributed by atoms with Gasteiger partial charge in [0.1, 0.15) is 11.5 Å². The predicted molar refractivity (Wildman–Crippen MR) is 106 cm³/mol. The van der Waals surface area contributed by atoms with Crippen LogP contribution in [0.25, 0.3) is 0 Å². The van der Waals surface area contributed by atoms with E-state index in [1.165, 1.54) is 0 Å². The highest BCUT2D eigenvalue weighted by Gasteiger charge is 2.18. The Balaban J connectivity index is 2.30. The van der Waals surface area contributed by atoms with Gasteiger partial charge in [0.2, 0.25) is 6.29 Å². The Labute approximate surface area is 161 Å². The molecule has 2 rings (SSSR count). The topological polar surface area (TPSA) is 59.3 Å².